The van der Waals surface area contributed by atoms with Crippen LogP contribution in [-0.2, 0) is 0 Å². The molecule has 0 saturated heterocycles. The number of halogens is 2. The summed E-state index contributed by atoms with van der Waals surface area (Å²) in [5, 5.41) is 3.04. The van der Waals surface area contributed by atoms with E-state index in [1.165, 1.54) is 12.8 Å². The van der Waals surface area contributed by atoms with Crippen molar-refractivity contribution >= 4 is 37.8 Å². The van der Waals surface area contributed by atoms with Crippen molar-refractivity contribution in [3.8, 4) is 0 Å². The Kier molecular flexibility index (Phi) is 4.56. The van der Waals surface area contributed by atoms with Gasteiger partial charge in [0.05, 0.1) is 0 Å². The first-order valence-electron chi connectivity index (χ1n) is 5.73. The molecule has 1 saturated carbocycles. The molecule has 1 N–H and O–H groups in total. The van der Waals surface area contributed by atoms with Gasteiger partial charge in [-0.05, 0) is 40.9 Å². The van der Waals surface area contributed by atoms with Crippen LogP contribution in [0.2, 0.25) is 0 Å². The van der Waals surface area contributed by atoms with Crippen molar-refractivity contribution in [2.75, 3.05) is 0 Å². The third-order valence-corrected chi connectivity index (χ3v) is 4.52. The number of amides is 1. The summed E-state index contributed by atoms with van der Waals surface area (Å²) in [5.74, 6) is -0.0890. The van der Waals surface area contributed by atoms with Gasteiger partial charge in [0, 0.05) is 21.5 Å². The van der Waals surface area contributed by atoms with Crippen LogP contribution >= 0.6 is 31.9 Å². The second-order valence-electron chi connectivity index (χ2n) is 4.24. The Morgan fingerprint density at radius 1 is 1.35 bits per heavy atom. The van der Waals surface area contributed by atoms with E-state index in [0.717, 1.165) is 17.3 Å². The zero-order chi connectivity index (χ0) is 12.3. The summed E-state index contributed by atoms with van der Waals surface area (Å²) in [6, 6.07) is 3.78. The number of nitrogens with zero attached hydrogens (tertiary/aromatic N) is 1. The lowest BCUT2D eigenvalue weighted by molar-refractivity contribution is 0.0924. The zero-order valence-electron chi connectivity index (χ0n) is 9.33. The van der Waals surface area contributed by atoms with E-state index in [1.807, 2.05) is 6.07 Å². The van der Waals surface area contributed by atoms with E-state index >= 15 is 0 Å². The third-order valence-electron chi connectivity index (χ3n) is 2.96. The normalized spacial score (nSPS) is 24.4. The van der Waals surface area contributed by atoms with Gasteiger partial charge in [-0.15, -0.1) is 0 Å². The second-order valence-corrected chi connectivity index (χ2v) is 6.33. The Bertz CT molecular complexity index is 394. The molecular formula is C12H14Br2N2O. The average Bonchev–Trinajstić information content (AvgIpc) is 2.33. The van der Waals surface area contributed by atoms with E-state index in [2.05, 4.69) is 42.2 Å². The largest absolute Gasteiger partial charge is 0.347 e. The maximum absolute atomic E-state index is 12.0. The zero-order valence-corrected chi connectivity index (χ0v) is 12.5. The van der Waals surface area contributed by atoms with E-state index in [4.69, 9.17) is 0 Å². The van der Waals surface area contributed by atoms with Gasteiger partial charge in [-0.2, -0.15) is 0 Å². The first-order chi connectivity index (χ1) is 8.16. The fourth-order valence-corrected chi connectivity index (χ4v) is 2.96. The Morgan fingerprint density at radius 3 is 2.76 bits per heavy atom. The predicted molar refractivity (Wildman–Crippen MR) is 74.4 cm³/mol. The minimum atomic E-state index is -0.0890. The number of hydrogen-bond donors (Lipinski definition) is 1. The number of carbonyl (C=O) groups is 1. The van der Waals surface area contributed by atoms with Crippen molar-refractivity contribution in [3.05, 3.63) is 28.5 Å². The molecule has 2 atom stereocenters. The summed E-state index contributed by atoms with van der Waals surface area (Å²) < 4.78 is 0.880. The van der Waals surface area contributed by atoms with Gasteiger partial charge in [-0.3, -0.25) is 4.79 Å². The molecule has 1 heterocycles. The molecule has 2 unspecified atom stereocenters. The number of rotatable bonds is 2. The van der Waals surface area contributed by atoms with Gasteiger partial charge in [0.1, 0.15) is 5.69 Å². The Labute approximate surface area is 118 Å². The van der Waals surface area contributed by atoms with Gasteiger partial charge < -0.3 is 5.32 Å². The van der Waals surface area contributed by atoms with Gasteiger partial charge >= 0.3 is 0 Å². The monoisotopic (exact) mass is 360 g/mol. The molecule has 5 heteroatoms. The molecule has 92 valence electrons. The van der Waals surface area contributed by atoms with Gasteiger partial charge in [0.25, 0.3) is 5.91 Å². The highest BCUT2D eigenvalue weighted by Crippen LogP contribution is 2.24. The fraction of sp³-hybridized carbons (Fsp3) is 0.500. The number of carbonyl (C=O) groups excluding carboxylic acids is 1. The molecule has 1 amide bonds. The van der Waals surface area contributed by atoms with E-state index in [1.54, 1.807) is 12.3 Å². The first-order valence-corrected chi connectivity index (χ1v) is 7.44. The summed E-state index contributed by atoms with van der Waals surface area (Å²) in [6.45, 7) is 0. The van der Waals surface area contributed by atoms with Gasteiger partial charge in [0.2, 0.25) is 0 Å². The van der Waals surface area contributed by atoms with Crippen molar-refractivity contribution in [2.45, 2.75) is 36.6 Å². The van der Waals surface area contributed by atoms with Gasteiger partial charge in [0.15, 0.2) is 0 Å². The quantitative estimate of drug-likeness (QED) is 0.821. The summed E-state index contributed by atoms with van der Waals surface area (Å²) in [4.78, 5) is 16.4. The fourth-order valence-electron chi connectivity index (χ4n) is 2.00. The van der Waals surface area contributed by atoms with E-state index in [-0.39, 0.29) is 11.9 Å². The minimum absolute atomic E-state index is 0.0890. The standard InChI is InChI=1S/C12H14Br2N2O/c13-8-5-6-11(15-7-8)12(17)16-10-4-2-1-3-9(10)14/h5-7,9-10H,1-4H2,(H,16,17). The molecule has 1 aromatic rings. The van der Waals surface area contributed by atoms with Crippen LogP contribution in [0.5, 0.6) is 0 Å². The van der Waals surface area contributed by atoms with Crippen molar-refractivity contribution < 1.29 is 4.79 Å². The SMILES string of the molecule is O=C(NC1CCCCC1Br)c1ccc(Br)cn1. The topological polar surface area (TPSA) is 42.0 Å². The third kappa shape index (κ3) is 3.52. The number of nitrogens with one attached hydrogen (secondary N) is 1. The number of hydrogen-bond acceptors (Lipinski definition) is 2. The average molecular weight is 362 g/mol. The highest BCUT2D eigenvalue weighted by molar-refractivity contribution is 9.10. The van der Waals surface area contributed by atoms with Crippen LogP contribution in [0.1, 0.15) is 36.2 Å². The highest BCUT2D eigenvalue weighted by Gasteiger charge is 2.24. The Hall–Kier alpha value is -0.420. The number of pyridine rings is 1. The highest BCUT2D eigenvalue weighted by atomic mass is 79.9. The van der Waals surface area contributed by atoms with Crippen molar-refractivity contribution in [1.82, 2.24) is 10.3 Å². The first kappa shape index (κ1) is 13.0. The van der Waals surface area contributed by atoms with E-state index < -0.39 is 0 Å². The lowest BCUT2D eigenvalue weighted by Gasteiger charge is -2.27. The molecule has 0 bridgehead atoms. The Balaban J connectivity index is 1.98. The Morgan fingerprint density at radius 2 is 2.12 bits per heavy atom. The molecular weight excluding hydrogens is 348 g/mol. The van der Waals surface area contributed by atoms with Crippen LogP contribution in [-0.4, -0.2) is 21.8 Å². The molecule has 0 radical (unpaired) electrons. The molecule has 17 heavy (non-hydrogen) atoms. The lowest BCUT2D eigenvalue weighted by Crippen LogP contribution is -2.42. The second kappa shape index (κ2) is 5.96. The van der Waals surface area contributed by atoms with Crippen LogP contribution in [0.25, 0.3) is 0 Å². The van der Waals surface area contributed by atoms with Crippen LogP contribution in [0.4, 0.5) is 0 Å². The number of aromatic nitrogens is 1. The van der Waals surface area contributed by atoms with Crippen LogP contribution < -0.4 is 5.32 Å². The van der Waals surface area contributed by atoms with E-state index in [0.29, 0.717) is 10.5 Å². The summed E-state index contributed by atoms with van der Waals surface area (Å²) in [6.07, 6.45) is 6.22. The summed E-state index contributed by atoms with van der Waals surface area (Å²) in [7, 11) is 0. The molecule has 2 rings (SSSR count). The minimum Gasteiger partial charge on any atom is -0.347 e. The van der Waals surface area contributed by atoms with Crippen LogP contribution in [0.3, 0.4) is 0 Å². The predicted octanol–water partition coefficient (Wildman–Crippen LogP) is 3.28. The maximum atomic E-state index is 12.0. The molecule has 1 fully saturated rings. The molecule has 0 spiro atoms. The van der Waals surface area contributed by atoms with Gasteiger partial charge in [-0.25, -0.2) is 4.98 Å². The molecule has 0 aliphatic heterocycles. The summed E-state index contributed by atoms with van der Waals surface area (Å²) >= 11 is 6.93. The van der Waals surface area contributed by atoms with Gasteiger partial charge in [-0.1, -0.05) is 28.8 Å². The molecule has 3 nitrogen and oxygen atoms in total. The smallest absolute Gasteiger partial charge is 0.270 e. The molecule has 1 aliphatic rings. The van der Waals surface area contributed by atoms with Crippen LogP contribution in [0.15, 0.2) is 22.8 Å². The molecule has 0 aromatic carbocycles. The molecule has 1 aromatic heterocycles. The van der Waals surface area contributed by atoms with E-state index in [9.17, 15) is 4.79 Å². The van der Waals surface area contributed by atoms with Crippen LogP contribution in [0, 0.1) is 0 Å². The molecule has 1 aliphatic carbocycles. The number of alkyl halides is 1. The maximum Gasteiger partial charge on any atom is 0.270 e. The van der Waals surface area contributed by atoms with Crippen molar-refractivity contribution in [3.63, 3.8) is 0 Å². The summed E-state index contributed by atoms with van der Waals surface area (Å²) in [5.41, 5.74) is 0.471. The lowest BCUT2D eigenvalue weighted by atomic mass is 9.95. The van der Waals surface area contributed by atoms with Crippen molar-refractivity contribution in [1.29, 1.82) is 0 Å². The van der Waals surface area contributed by atoms with Crippen molar-refractivity contribution in [2.24, 2.45) is 0 Å².